The largest absolute Gasteiger partial charge is 0.377 e. The first-order valence-electron chi connectivity index (χ1n) is 15.9. The van der Waals surface area contributed by atoms with Crippen LogP contribution in [-0.2, 0) is 9.47 Å². The van der Waals surface area contributed by atoms with E-state index in [1.165, 1.54) is 141 Å². The summed E-state index contributed by atoms with van der Waals surface area (Å²) in [4.78, 5) is 0. The van der Waals surface area contributed by atoms with Gasteiger partial charge >= 0.3 is 0 Å². The lowest BCUT2D eigenvalue weighted by Crippen LogP contribution is -2.66. The summed E-state index contributed by atoms with van der Waals surface area (Å²) in [6.45, 7) is 9.06. The van der Waals surface area contributed by atoms with Gasteiger partial charge in [-0.25, -0.2) is 0 Å². The molecule has 0 bridgehead atoms. The summed E-state index contributed by atoms with van der Waals surface area (Å²) in [6.07, 6.45) is 28.2. The molecule has 34 heavy (non-hydrogen) atoms. The molecule has 2 heterocycles. The van der Waals surface area contributed by atoms with Crippen LogP contribution in [-0.4, -0.2) is 42.7 Å². The van der Waals surface area contributed by atoms with Gasteiger partial charge < -0.3 is 9.47 Å². The number of hydrogen-bond donors (Lipinski definition) is 0. The van der Waals surface area contributed by atoms with E-state index in [0.29, 0.717) is 0 Å². The Hall–Kier alpha value is 0.354. The van der Waals surface area contributed by atoms with E-state index in [-0.39, 0.29) is 29.5 Å². The highest BCUT2D eigenvalue weighted by atomic mass is 28.2. The molecule has 0 amide bonds. The van der Waals surface area contributed by atoms with Crippen LogP contribution in [0.5, 0.6) is 0 Å². The smallest absolute Gasteiger partial charge is 0.0765 e. The molecule has 202 valence electrons. The van der Waals surface area contributed by atoms with Crippen LogP contribution in [0.1, 0.15) is 149 Å². The van der Waals surface area contributed by atoms with Gasteiger partial charge in [0.15, 0.2) is 0 Å². The van der Waals surface area contributed by atoms with Gasteiger partial charge in [-0.3, -0.25) is 0 Å². The van der Waals surface area contributed by atoms with E-state index in [4.69, 9.17) is 9.47 Å². The van der Waals surface area contributed by atoms with E-state index >= 15 is 0 Å². The van der Waals surface area contributed by atoms with Gasteiger partial charge in [-0.2, -0.15) is 0 Å². The third kappa shape index (κ3) is 11.2. The average Bonchev–Trinajstić information content (AvgIpc) is 2.85. The SMILES string of the molecule is CCCCCCCCCCCC[SiH2]C1(C2([SiH2]CCCCCC(C)C)CCCCO2)CCCCO1. The van der Waals surface area contributed by atoms with Crippen LogP contribution < -0.4 is 0 Å². The van der Waals surface area contributed by atoms with Gasteiger partial charge in [0.05, 0.1) is 29.5 Å². The van der Waals surface area contributed by atoms with Crippen LogP contribution in [0.25, 0.3) is 0 Å². The standard InChI is InChI=1S/C30H62O2Si2/c1-4-5-6-7-8-9-10-11-12-19-26-33-29(22-15-17-24-31-29)30(23-16-18-25-32-30)34-27-20-13-14-21-28(2)3/h28H,4-27,33-34H2,1-3H3. The molecule has 0 aromatic heterocycles. The molecule has 2 aliphatic rings. The Kier molecular flexibility index (Phi) is 16.7. The molecule has 0 radical (unpaired) electrons. The minimum atomic E-state index is -0.264. The molecular formula is C30H62O2Si2. The molecule has 2 aliphatic heterocycles. The minimum Gasteiger partial charge on any atom is -0.377 e. The Morgan fingerprint density at radius 2 is 1.03 bits per heavy atom. The van der Waals surface area contributed by atoms with E-state index in [2.05, 4.69) is 20.8 Å². The first kappa shape index (κ1) is 30.6. The first-order chi connectivity index (χ1) is 16.6. The topological polar surface area (TPSA) is 18.5 Å². The van der Waals surface area contributed by atoms with Crippen LogP contribution in [0.4, 0.5) is 0 Å². The summed E-state index contributed by atoms with van der Waals surface area (Å²) in [5.41, 5.74) is 0. The highest BCUT2D eigenvalue weighted by Gasteiger charge is 2.53. The highest BCUT2D eigenvalue weighted by Crippen LogP contribution is 2.43. The summed E-state index contributed by atoms with van der Waals surface area (Å²) in [5.74, 6) is 0.862. The summed E-state index contributed by atoms with van der Waals surface area (Å²) in [7, 11) is -0.526. The minimum absolute atomic E-state index is 0.203. The number of unbranched alkanes of at least 4 members (excludes halogenated alkanes) is 11. The fourth-order valence-corrected chi connectivity index (χ4v) is 13.1. The van der Waals surface area contributed by atoms with Crippen molar-refractivity contribution in [1.82, 2.24) is 0 Å². The van der Waals surface area contributed by atoms with Gasteiger partial charge in [0.25, 0.3) is 0 Å². The van der Waals surface area contributed by atoms with Crippen molar-refractivity contribution in [1.29, 1.82) is 0 Å². The van der Waals surface area contributed by atoms with E-state index in [1.807, 2.05) is 0 Å². The molecular weight excluding hydrogens is 449 g/mol. The van der Waals surface area contributed by atoms with Gasteiger partial charge in [0.2, 0.25) is 0 Å². The van der Waals surface area contributed by atoms with E-state index in [0.717, 1.165) is 19.1 Å². The Balaban J connectivity index is 1.76. The molecule has 0 saturated carbocycles. The van der Waals surface area contributed by atoms with E-state index < -0.39 is 0 Å². The molecule has 2 unspecified atom stereocenters. The second-order valence-electron chi connectivity index (χ2n) is 12.2. The van der Waals surface area contributed by atoms with Crippen LogP contribution >= 0.6 is 0 Å². The van der Waals surface area contributed by atoms with Gasteiger partial charge in [-0.05, 0) is 44.4 Å². The fraction of sp³-hybridized carbons (Fsp3) is 1.00. The molecule has 2 saturated heterocycles. The van der Waals surface area contributed by atoms with Gasteiger partial charge in [-0.1, -0.05) is 123 Å². The maximum atomic E-state index is 6.88. The highest BCUT2D eigenvalue weighted by molar-refractivity contribution is 6.48. The predicted octanol–water partition coefficient (Wildman–Crippen LogP) is 8.09. The normalized spacial score (nSPS) is 26.5. The lowest BCUT2D eigenvalue weighted by Gasteiger charge is -2.54. The maximum Gasteiger partial charge on any atom is 0.0765 e. The first-order valence-corrected chi connectivity index (χ1v) is 19.3. The Morgan fingerprint density at radius 3 is 1.44 bits per heavy atom. The van der Waals surface area contributed by atoms with E-state index in [1.54, 1.807) is 0 Å². The summed E-state index contributed by atoms with van der Waals surface area (Å²) in [5, 5.41) is 0.406. The predicted molar refractivity (Wildman–Crippen MR) is 157 cm³/mol. The second kappa shape index (κ2) is 18.6. The molecule has 0 aromatic carbocycles. The number of hydrogen-bond acceptors (Lipinski definition) is 2. The van der Waals surface area contributed by atoms with Crippen molar-refractivity contribution in [3.8, 4) is 0 Å². The summed E-state index contributed by atoms with van der Waals surface area (Å²) >= 11 is 0. The molecule has 4 heteroatoms. The molecule has 0 spiro atoms. The Labute approximate surface area is 219 Å². The van der Waals surface area contributed by atoms with Crippen molar-refractivity contribution < 1.29 is 9.47 Å². The lowest BCUT2D eigenvalue weighted by atomic mass is 9.96. The third-order valence-corrected chi connectivity index (χ3v) is 15.1. The zero-order chi connectivity index (χ0) is 24.4. The molecule has 2 rings (SSSR count). The average molecular weight is 511 g/mol. The number of ether oxygens (including phenoxy) is 2. The van der Waals surface area contributed by atoms with Crippen molar-refractivity contribution in [2.24, 2.45) is 5.92 Å². The van der Waals surface area contributed by atoms with Crippen molar-refractivity contribution >= 4 is 19.0 Å². The third-order valence-electron chi connectivity index (χ3n) is 8.83. The van der Waals surface area contributed by atoms with Crippen molar-refractivity contribution in [3.05, 3.63) is 0 Å². The van der Waals surface area contributed by atoms with Crippen LogP contribution in [0.15, 0.2) is 0 Å². The Bertz CT molecular complexity index is 470. The maximum absolute atomic E-state index is 6.88. The molecule has 2 nitrogen and oxygen atoms in total. The van der Waals surface area contributed by atoms with Crippen molar-refractivity contribution in [3.63, 3.8) is 0 Å². The van der Waals surface area contributed by atoms with Crippen molar-refractivity contribution in [2.75, 3.05) is 13.2 Å². The lowest BCUT2D eigenvalue weighted by molar-refractivity contribution is -0.161. The van der Waals surface area contributed by atoms with Crippen LogP contribution in [0, 0.1) is 5.92 Å². The quantitative estimate of drug-likeness (QED) is 0.122. The fourth-order valence-electron chi connectivity index (χ4n) is 6.66. The number of rotatable bonds is 20. The summed E-state index contributed by atoms with van der Waals surface area (Å²) < 4.78 is 13.8. The van der Waals surface area contributed by atoms with E-state index in [9.17, 15) is 0 Å². The van der Waals surface area contributed by atoms with Gasteiger partial charge in [-0.15, -0.1) is 0 Å². The molecule has 2 atom stereocenters. The zero-order valence-corrected chi connectivity index (χ0v) is 26.6. The van der Waals surface area contributed by atoms with Gasteiger partial charge in [0.1, 0.15) is 0 Å². The second-order valence-corrected chi connectivity index (χ2v) is 16.9. The molecule has 2 fully saturated rings. The van der Waals surface area contributed by atoms with Crippen LogP contribution in [0.3, 0.4) is 0 Å². The van der Waals surface area contributed by atoms with Gasteiger partial charge in [0, 0.05) is 13.2 Å². The molecule has 0 N–H and O–H groups in total. The van der Waals surface area contributed by atoms with Crippen molar-refractivity contribution in [2.45, 2.75) is 172 Å². The summed E-state index contributed by atoms with van der Waals surface area (Å²) in [6, 6.07) is 2.97. The zero-order valence-electron chi connectivity index (χ0n) is 23.8. The monoisotopic (exact) mass is 510 g/mol. The van der Waals surface area contributed by atoms with Crippen LogP contribution in [0.2, 0.25) is 12.1 Å². The Morgan fingerprint density at radius 1 is 0.588 bits per heavy atom. The molecule has 0 aromatic rings. The molecule has 0 aliphatic carbocycles.